The summed E-state index contributed by atoms with van der Waals surface area (Å²) < 4.78 is 5.22. The molecule has 0 atom stereocenters. The van der Waals surface area contributed by atoms with Crippen molar-refractivity contribution in [3.8, 4) is 0 Å². The first-order valence-corrected chi connectivity index (χ1v) is 6.81. The molecule has 1 aromatic rings. The standard InChI is InChI=1S/C15H26N2O/c1-4-14(5-2)17(10-11-18-3)15-8-6-13(12-16)7-9-15/h6-9,14H,4-5,10-12,16H2,1-3H3. The molecule has 0 spiro atoms. The van der Waals surface area contributed by atoms with E-state index >= 15 is 0 Å². The molecule has 0 bridgehead atoms. The lowest BCUT2D eigenvalue weighted by atomic mass is 10.1. The molecule has 0 radical (unpaired) electrons. The minimum absolute atomic E-state index is 0.573. The number of benzene rings is 1. The quantitative estimate of drug-likeness (QED) is 0.771. The van der Waals surface area contributed by atoms with Gasteiger partial charge in [-0.05, 0) is 30.5 Å². The Hall–Kier alpha value is -1.06. The van der Waals surface area contributed by atoms with E-state index in [-0.39, 0.29) is 0 Å². The number of methoxy groups -OCH3 is 1. The third-order valence-electron chi connectivity index (χ3n) is 3.42. The lowest BCUT2D eigenvalue weighted by molar-refractivity contribution is 0.202. The highest BCUT2D eigenvalue weighted by atomic mass is 16.5. The SMILES string of the molecule is CCC(CC)N(CCOC)c1ccc(CN)cc1. The van der Waals surface area contributed by atoms with Crippen LogP contribution >= 0.6 is 0 Å². The van der Waals surface area contributed by atoms with Crippen molar-refractivity contribution in [2.45, 2.75) is 39.3 Å². The number of nitrogens with two attached hydrogens (primary N) is 1. The molecule has 0 amide bonds. The molecule has 0 aliphatic rings. The van der Waals surface area contributed by atoms with Crippen LogP contribution in [0.5, 0.6) is 0 Å². The maximum absolute atomic E-state index is 5.63. The van der Waals surface area contributed by atoms with Gasteiger partial charge in [-0.2, -0.15) is 0 Å². The summed E-state index contributed by atoms with van der Waals surface area (Å²) in [5.74, 6) is 0. The van der Waals surface area contributed by atoms with E-state index in [1.807, 2.05) is 0 Å². The summed E-state index contributed by atoms with van der Waals surface area (Å²) >= 11 is 0. The fourth-order valence-corrected chi connectivity index (χ4v) is 2.27. The zero-order valence-corrected chi connectivity index (χ0v) is 11.9. The van der Waals surface area contributed by atoms with Gasteiger partial charge in [0.25, 0.3) is 0 Å². The number of ether oxygens (including phenoxy) is 1. The van der Waals surface area contributed by atoms with Crippen LogP contribution in [-0.4, -0.2) is 26.3 Å². The van der Waals surface area contributed by atoms with Crippen molar-refractivity contribution in [3.63, 3.8) is 0 Å². The van der Waals surface area contributed by atoms with E-state index in [0.29, 0.717) is 12.6 Å². The van der Waals surface area contributed by atoms with Crippen LogP contribution in [0, 0.1) is 0 Å². The number of rotatable bonds is 8. The van der Waals surface area contributed by atoms with Crippen LogP contribution < -0.4 is 10.6 Å². The summed E-state index contributed by atoms with van der Waals surface area (Å²) in [6.45, 7) is 6.77. The van der Waals surface area contributed by atoms with Gasteiger partial charge < -0.3 is 15.4 Å². The molecular weight excluding hydrogens is 224 g/mol. The predicted molar refractivity (Wildman–Crippen MR) is 77.9 cm³/mol. The first-order chi connectivity index (χ1) is 8.76. The largest absolute Gasteiger partial charge is 0.383 e. The van der Waals surface area contributed by atoms with E-state index in [1.165, 1.54) is 11.3 Å². The Balaban J connectivity index is 2.85. The average molecular weight is 250 g/mol. The molecule has 1 aromatic carbocycles. The van der Waals surface area contributed by atoms with Gasteiger partial charge in [0.1, 0.15) is 0 Å². The fourth-order valence-electron chi connectivity index (χ4n) is 2.27. The van der Waals surface area contributed by atoms with Crippen molar-refractivity contribution in [1.29, 1.82) is 0 Å². The Morgan fingerprint density at radius 1 is 1.17 bits per heavy atom. The summed E-state index contributed by atoms with van der Waals surface area (Å²) in [6.07, 6.45) is 2.30. The van der Waals surface area contributed by atoms with E-state index < -0.39 is 0 Å². The predicted octanol–water partition coefficient (Wildman–Crippen LogP) is 2.79. The number of anilines is 1. The Bertz CT molecular complexity index is 320. The van der Waals surface area contributed by atoms with Crippen LogP contribution in [0.4, 0.5) is 5.69 Å². The van der Waals surface area contributed by atoms with Crippen LogP contribution in [0.2, 0.25) is 0 Å². The topological polar surface area (TPSA) is 38.5 Å². The Kier molecular flexibility index (Phi) is 6.76. The summed E-state index contributed by atoms with van der Waals surface area (Å²) in [4.78, 5) is 2.43. The normalized spacial score (nSPS) is 10.9. The van der Waals surface area contributed by atoms with Crippen LogP contribution in [0.25, 0.3) is 0 Å². The van der Waals surface area contributed by atoms with Crippen molar-refractivity contribution >= 4 is 5.69 Å². The van der Waals surface area contributed by atoms with Crippen LogP contribution in [0.1, 0.15) is 32.3 Å². The third kappa shape index (κ3) is 4.00. The van der Waals surface area contributed by atoms with Crippen molar-refractivity contribution < 1.29 is 4.74 Å². The molecule has 0 saturated heterocycles. The number of nitrogens with zero attached hydrogens (tertiary/aromatic N) is 1. The highest BCUT2D eigenvalue weighted by Gasteiger charge is 2.15. The molecule has 0 heterocycles. The van der Waals surface area contributed by atoms with Gasteiger partial charge in [0.2, 0.25) is 0 Å². The van der Waals surface area contributed by atoms with E-state index in [1.54, 1.807) is 7.11 Å². The molecule has 1 rings (SSSR count). The smallest absolute Gasteiger partial charge is 0.0637 e. The van der Waals surface area contributed by atoms with Gasteiger partial charge in [-0.1, -0.05) is 26.0 Å². The summed E-state index contributed by atoms with van der Waals surface area (Å²) in [5, 5.41) is 0. The Morgan fingerprint density at radius 3 is 2.22 bits per heavy atom. The second-order valence-corrected chi connectivity index (χ2v) is 4.53. The number of hydrogen-bond donors (Lipinski definition) is 1. The van der Waals surface area contributed by atoms with Crippen molar-refractivity contribution in [2.24, 2.45) is 5.73 Å². The van der Waals surface area contributed by atoms with Crippen molar-refractivity contribution in [3.05, 3.63) is 29.8 Å². The van der Waals surface area contributed by atoms with Gasteiger partial charge in [0.15, 0.2) is 0 Å². The van der Waals surface area contributed by atoms with Gasteiger partial charge in [-0.25, -0.2) is 0 Å². The fraction of sp³-hybridized carbons (Fsp3) is 0.600. The molecule has 3 heteroatoms. The summed E-state index contributed by atoms with van der Waals surface area (Å²) in [5.41, 5.74) is 8.07. The van der Waals surface area contributed by atoms with E-state index in [4.69, 9.17) is 10.5 Å². The molecule has 0 aliphatic heterocycles. The minimum atomic E-state index is 0.573. The summed E-state index contributed by atoms with van der Waals surface area (Å²) in [7, 11) is 1.75. The van der Waals surface area contributed by atoms with Gasteiger partial charge in [-0.15, -0.1) is 0 Å². The zero-order chi connectivity index (χ0) is 13.4. The van der Waals surface area contributed by atoms with Gasteiger partial charge >= 0.3 is 0 Å². The molecule has 0 saturated carbocycles. The maximum Gasteiger partial charge on any atom is 0.0637 e. The van der Waals surface area contributed by atoms with E-state index in [0.717, 1.165) is 26.0 Å². The highest BCUT2D eigenvalue weighted by molar-refractivity contribution is 5.48. The van der Waals surface area contributed by atoms with Crippen molar-refractivity contribution in [2.75, 3.05) is 25.2 Å². The van der Waals surface area contributed by atoms with E-state index in [9.17, 15) is 0 Å². The first kappa shape index (κ1) is 15.0. The van der Waals surface area contributed by atoms with Crippen LogP contribution in [-0.2, 0) is 11.3 Å². The lowest BCUT2D eigenvalue weighted by Crippen LogP contribution is -2.37. The summed E-state index contributed by atoms with van der Waals surface area (Å²) in [6, 6.07) is 9.12. The monoisotopic (exact) mass is 250 g/mol. The number of hydrogen-bond acceptors (Lipinski definition) is 3. The van der Waals surface area contributed by atoms with Crippen molar-refractivity contribution in [1.82, 2.24) is 0 Å². The van der Waals surface area contributed by atoms with Gasteiger partial charge in [0.05, 0.1) is 6.61 Å². The van der Waals surface area contributed by atoms with Gasteiger partial charge in [0, 0.05) is 31.9 Å². The molecule has 0 aliphatic carbocycles. The second kappa shape index (κ2) is 8.11. The Morgan fingerprint density at radius 2 is 1.78 bits per heavy atom. The Labute approximate surface area is 111 Å². The zero-order valence-electron chi connectivity index (χ0n) is 11.9. The molecule has 18 heavy (non-hydrogen) atoms. The van der Waals surface area contributed by atoms with Gasteiger partial charge in [-0.3, -0.25) is 0 Å². The molecule has 2 N–H and O–H groups in total. The molecule has 102 valence electrons. The molecule has 0 unspecified atom stereocenters. The molecular formula is C15H26N2O. The molecule has 3 nitrogen and oxygen atoms in total. The van der Waals surface area contributed by atoms with Crippen LogP contribution in [0.3, 0.4) is 0 Å². The molecule has 0 fully saturated rings. The lowest BCUT2D eigenvalue weighted by Gasteiger charge is -2.32. The minimum Gasteiger partial charge on any atom is -0.383 e. The third-order valence-corrected chi connectivity index (χ3v) is 3.42. The molecule has 0 aromatic heterocycles. The van der Waals surface area contributed by atoms with E-state index in [2.05, 4.69) is 43.0 Å². The first-order valence-electron chi connectivity index (χ1n) is 6.81. The maximum atomic E-state index is 5.63. The van der Waals surface area contributed by atoms with Crippen LogP contribution in [0.15, 0.2) is 24.3 Å². The highest BCUT2D eigenvalue weighted by Crippen LogP contribution is 2.21. The average Bonchev–Trinajstić information content (AvgIpc) is 2.43. The second-order valence-electron chi connectivity index (χ2n) is 4.53.